The van der Waals surface area contributed by atoms with Gasteiger partial charge in [0.05, 0.1) is 16.4 Å². The van der Waals surface area contributed by atoms with Crippen molar-refractivity contribution >= 4 is 25.8 Å². The molecule has 1 heterocycles. The predicted octanol–water partition coefficient (Wildman–Crippen LogP) is 1.71. The SMILES string of the molecule is O=C(NC1C2CC3CC(C2)CC1C3)c1ccc(S(=O)(=O)NC2CCS(=O)(=O)C2)cc1. The number of amides is 1. The van der Waals surface area contributed by atoms with Crippen LogP contribution in [0.25, 0.3) is 0 Å². The van der Waals surface area contributed by atoms with Gasteiger partial charge in [0.25, 0.3) is 5.91 Å². The van der Waals surface area contributed by atoms with Crippen molar-refractivity contribution in [2.75, 3.05) is 11.5 Å². The van der Waals surface area contributed by atoms with Gasteiger partial charge in [0.15, 0.2) is 9.84 Å². The van der Waals surface area contributed by atoms with Crippen molar-refractivity contribution in [3.05, 3.63) is 29.8 Å². The van der Waals surface area contributed by atoms with Crippen LogP contribution in [-0.4, -0.2) is 46.3 Å². The zero-order valence-corrected chi connectivity index (χ0v) is 18.4. The number of nitrogens with one attached hydrogen (secondary N) is 2. The minimum absolute atomic E-state index is 0.00391. The molecule has 4 bridgehead atoms. The lowest BCUT2D eigenvalue weighted by Crippen LogP contribution is -2.55. The van der Waals surface area contributed by atoms with E-state index in [1.54, 1.807) is 0 Å². The first-order chi connectivity index (χ1) is 14.2. The molecule has 5 aliphatic rings. The average molecular weight is 453 g/mol. The molecule has 0 spiro atoms. The van der Waals surface area contributed by atoms with E-state index in [4.69, 9.17) is 0 Å². The van der Waals surface area contributed by atoms with Gasteiger partial charge in [0.1, 0.15) is 0 Å². The van der Waals surface area contributed by atoms with Crippen LogP contribution in [0.1, 0.15) is 48.9 Å². The number of hydrogen-bond acceptors (Lipinski definition) is 5. The largest absolute Gasteiger partial charge is 0.349 e. The fourth-order valence-electron chi connectivity index (χ4n) is 6.36. The summed E-state index contributed by atoms with van der Waals surface area (Å²) < 4.78 is 50.7. The molecule has 1 atom stereocenters. The van der Waals surface area contributed by atoms with Crippen LogP contribution >= 0.6 is 0 Å². The van der Waals surface area contributed by atoms with E-state index in [1.165, 1.54) is 56.4 Å². The van der Waals surface area contributed by atoms with Gasteiger partial charge in [-0.05, 0) is 86.5 Å². The average Bonchev–Trinajstić information content (AvgIpc) is 3.01. The molecule has 6 rings (SSSR count). The van der Waals surface area contributed by atoms with Gasteiger partial charge in [0.2, 0.25) is 10.0 Å². The molecule has 1 amide bonds. The first-order valence-electron chi connectivity index (χ1n) is 10.8. The molecule has 5 fully saturated rings. The van der Waals surface area contributed by atoms with Crippen LogP contribution in [0, 0.1) is 23.7 Å². The molecular formula is C21H28N2O5S2. The van der Waals surface area contributed by atoms with Crippen molar-refractivity contribution in [3.8, 4) is 0 Å². The van der Waals surface area contributed by atoms with Gasteiger partial charge in [-0.15, -0.1) is 0 Å². The molecule has 164 valence electrons. The third-order valence-electron chi connectivity index (χ3n) is 7.51. The second kappa shape index (κ2) is 7.31. The second-order valence-corrected chi connectivity index (χ2v) is 13.6. The van der Waals surface area contributed by atoms with Crippen molar-refractivity contribution in [2.45, 2.75) is 55.5 Å². The number of carbonyl (C=O) groups excluding carboxylic acids is 1. The fraction of sp³-hybridized carbons (Fsp3) is 0.667. The van der Waals surface area contributed by atoms with Crippen molar-refractivity contribution in [3.63, 3.8) is 0 Å². The lowest BCUT2D eigenvalue weighted by Gasteiger charge is -2.54. The summed E-state index contributed by atoms with van der Waals surface area (Å²) in [6.45, 7) is 0. The maximum Gasteiger partial charge on any atom is 0.251 e. The predicted molar refractivity (Wildman–Crippen MR) is 112 cm³/mol. The minimum atomic E-state index is -3.82. The topological polar surface area (TPSA) is 109 Å². The molecule has 1 aliphatic heterocycles. The van der Waals surface area contributed by atoms with E-state index in [-0.39, 0.29) is 34.8 Å². The summed E-state index contributed by atoms with van der Waals surface area (Å²) >= 11 is 0. The molecule has 4 aliphatic carbocycles. The molecule has 1 aromatic carbocycles. The van der Waals surface area contributed by atoms with Crippen LogP contribution in [-0.2, 0) is 19.9 Å². The molecule has 9 heteroatoms. The number of sulfone groups is 1. The third kappa shape index (κ3) is 3.91. The Morgan fingerprint density at radius 1 is 0.933 bits per heavy atom. The third-order valence-corrected chi connectivity index (χ3v) is 10.8. The van der Waals surface area contributed by atoms with E-state index in [0.717, 1.165) is 11.8 Å². The Hall–Kier alpha value is -1.45. The van der Waals surface area contributed by atoms with E-state index in [0.29, 0.717) is 17.4 Å². The number of carbonyl (C=O) groups is 1. The monoisotopic (exact) mass is 452 g/mol. The van der Waals surface area contributed by atoms with Crippen molar-refractivity contribution in [2.24, 2.45) is 23.7 Å². The van der Waals surface area contributed by atoms with Crippen LogP contribution in [0.3, 0.4) is 0 Å². The molecule has 0 radical (unpaired) electrons. The van der Waals surface area contributed by atoms with E-state index >= 15 is 0 Å². The van der Waals surface area contributed by atoms with Gasteiger partial charge in [-0.25, -0.2) is 21.6 Å². The van der Waals surface area contributed by atoms with E-state index < -0.39 is 25.9 Å². The maximum atomic E-state index is 12.8. The molecule has 2 N–H and O–H groups in total. The Morgan fingerprint density at radius 3 is 2.07 bits per heavy atom. The Morgan fingerprint density at radius 2 is 1.53 bits per heavy atom. The number of benzene rings is 1. The molecule has 30 heavy (non-hydrogen) atoms. The molecule has 1 saturated heterocycles. The van der Waals surface area contributed by atoms with Crippen LogP contribution in [0.4, 0.5) is 0 Å². The van der Waals surface area contributed by atoms with Crippen molar-refractivity contribution in [1.29, 1.82) is 0 Å². The lowest BCUT2D eigenvalue weighted by atomic mass is 9.54. The van der Waals surface area contributed by atoms with Gasteiger partial charge in [-0.2, -0.15) is 0 Å². The van der Waals surface area contributed by atoms with E-state index in [9.17, 15) is 21.6 Å². The summed E-state index contributed by atoms with van der Waals surface area (Å²) in [7, 11) is -6.99. The van der Waals surface area contributed by atoms with Gasteiger partial charge < -0.3 is 5.32 Å². The second-order valence-electron chi connectivity index (χ2n) is 9.68. The number of sulfonamides is 1. The van der Waals surface area contributed by atoms with Crippen molar-refractivity contribution < 1.29 is 21.6 Å². The molecular weight excluding hydrogens is 424 g/mol. The number of rotatable bonds is 5. The van der Waals surface area contributed by atoms with Gasteiger partial charge >= 0.3 is 0 Å². The fourth-order valence-corrected chi connectivity index (χ4v) is 9.41. The molecule has 7 nitrogen and oxygen atoms in total. The van der Waals surface area contributed by atoms with E-state index in [1.807, 2.05) is 0 Å². The van der Waals surface area contributed by atoms with E-state index in [2.05, 4.69) is 10.0 Å². The first kappa shape index (κ1) is 20.5. The highest BCUT2D eigenvalue weighted by Gasteiger charge is 2.48. The Labute approximate surface area is 178 Å². The quantitative estimate of drug-likeness (QED) is 0.707. The van der Waals surface area contributed by atoms with Gasteiger partial charge in [-0.1, -0.05) is 0 Å². The van der Waals surface area contributed by atoms with Crippen LogP contribution in [0.2, 0.25) is 0 Å². The summed E-state index contributed by atoms with van der Waals surface area (Å²) in [5, 5.41) is 3.23. The normalized spacial score (nSPS) is 36.7. The first-order valence-corrected chi connectivity index (χ1v) is 14.1. The smallest absolute Gasteiger partial charge is 0.251 e. The molecule has 1 aromatic rings. The highest BCUT2D eigenvalue weighted by molar-refractivity contribution is 7.92. The Balaban J connectivity index is 1.24. The molecule has 4 saturated carbocycles. The molecule has 1 unspecified atom stereocenters. The summed E-state index contributed by atoms with van der Waals surface area (Å²) in [5.41, 5.74) is 0.450. The summed E-state index contributed by atoms with van der Waals surface area (Å²) in [6, 6.07) is 5.53. The summed E-state index contributed by atoms with van der Waals surface area (Å²) in [5.74, 6) is 2.53. The van der Waals surface area contributed by atoms with Crippen LogP contribution in [0.15, 0.2) is 29.2 Å². The standard InChI is InChI=1S/C21H28N2O5S2/c24-21(22-20-16-8-13-7-14(10-16)11-17(20)9-13)15-1-3-19(4-2-15)30(27,28)23-18-5-6-29(25,26)12-18/h1-4,13-14,16-18,20,23H,5-12H2,(H,22,24). The number of hydrogen-bond donors (Lipinski definition) is 2. The minimum Gasteiger partial charge on any atom is -0.349 e. The Kier molecular flexibility index (Phi) is 4.98. The van der Waals surface area contributed by atoms with Gasteiger partial charge in [0, 0.05) is 17.6 Å². The zero-order chi connectivity index (χ0) is 21.1. The van der Waals surface area contributed by atoms with Crippen LogP contribution < -0.4 is 10.0 Å². The Bertz CT molecular complexity index is 1020. The zero-order valence-electron chi connectivity index (χ0n) is 16.8. The summed E-state index contributed by atoms with van der Waals surface area (Å²) in [4.78, 5) is 12.8. The van der Waals surface area contributed by atoms with Gasteiger partial charge in [-0.3, -0.25) is 4.79 Å². The highest BCUT2D eigenvalue weighted by Crippen LogP contribution is 2.53. The highest BCUT2D eigenvalue weighted by atomic mass is 32.2. The maximum absolute atomic E-state index is 12.8. The van der Waals surface area contributed by atoms with Crippen molar-refractivity contribution in [1.82, 2.24) is 10.0 Å². The summed E-state index contributed by atoms with van der Waals surface area (Å²) in [6.07, 6.45) is 6.53. The lowest BCUT2D eigenvalue weighted by molar-refractivity contribution is -0.0119. The van der Waals surface area contributed by atoms with Crippen LogP contribution in [0.5, 0.6) is 0 Å². The molecule has 0 aromatic heterocycles.